The van der Waals surface area contributed by atoms with E-state index in [1.807, 2.05) is 37.3 Å². The second-order valence-electron chi connectivity index (χ2n) is 4.96. The molecule has 3 aromatic rings. The van der Waals surface area contributed by atoms with E-state index in [0.29, 0.717) is 5.89 Å². The fourth-order valence-corrected chi connectivity index (χ4v) is 2.03. The van der Waals surface area contributed by atoms with Gasteiger partial charge in [-0.3, -0.25) is 0 Å². The summed E-state index contributed by atoms with van der Waals surface area (Å²) in [6, 6.07) is 14.0. The lowest BCUT2D eigenvalue weighted by molar-refractivity contribution is 0.0435. The number of aryl methyl sites for hydroxylation is 1. The molecule has 6 heteroatoms. The predicted molar refractivity (Wildman–Crippen MR) is 81.7 cm³/mol. The number of carbonyl (C=O) groups excluding carboxylic acids is 1. The van der Waals surface area contributed by atoms with Crippen LogP contribution < -0.4 is 0 Å². The number of benzene rings is 2. The van der Waals surface area contributed by atoms with Crippen LogP contribution >= 0.6 is 0 Å². The van der Waals surface area contributed by atoms with Crippen LogP contribution in [0.5, 0.6) is 5.75 Å². The summed E-state index contributed by atoms with van der Waals surface area (Å²) < 4.78 is 10.6. The van der Waals surface area contributed by atoms with E-state index in [-0.39, 0.29) is 23.8 Å². The molecule has 0 bridgehead atoms. The third-order valence-corrected chi connectivity index (χ3v) is 3.19. The van der Waals surface area contributed by atoms with E-state index >= 15 is 0 Å². The van der Waals surface area contributed by atoms with Gasteiger partial charge in [0.2, 0.25) is 5.89 Å². The number of hydrogen-bond donors (Lipinski definition) is 1. The second kappa shape index (κ2) is 6.31. The van der Waals surface area contributed by atoms with Gasteiger partial charge in [-0.2, -0.15) is 0 Å². The molecule has 1 aromatic heterocycles. The third kappa shape index (κ3) is 3.37. The Balaban J connectivity index is 1.68. The second-order valence-corrected chi connectivity index (χ2v) is 4.96. The molecule has 0 aliphatic carbocycles. The van der Waals surface area contributed by atoms with E-state index < -0.39 is 5.97 Å². The highest BCUT2D eigenvalue weighted by atomic mass is 16.5. The molecule has 0 aliphatic heterocycles. The zero-order chi connectivity index (χ0) is 16.2. The lowest BCUT2D eigenvalue weighted by Crippen LogP contribution is -2.06. The highest BCUT2D eigenvalue weighted by Gasteiger charge is 2.15. The monoisotopic (exact) mass is 310 g/mol. The number of carbonyl (C=O) groups is 1. The van der Waals surface area contributed by atoms with E-state index in [2.05, 4.69) is 10.2 Å². The van der Waals surface area contributed by atoms with Gasteiger partial charge in [-0.25, -0.2) is 4.79 Å². The molecule has 2 aromatic carbocycles. The van der Waals surface area contributed by atoms with Gasteiger partial charge in [0.1, 0.15) is 11.3 Å². The summed E-state index contributed by atoms with van der Waals surface area (Å²) in [6.45, 7) is 1.66. The number of ether oxygens (including phenoxy) is 1. The number of phenolic OH excluding ortho intramolecular Hbond substituents is 1. The number of phenols is 1. The maximum atomic E-state index is 12.0. The molecule has 0 saturated heterocycles. The summed E-state index contributed by atoms with van der Waals surface area (Å²) in [6.07, 6.45) is 0. The van der Waals surface area contributed by atoms with Crippen LogP contribution in [0.25, 0.3) is 11.5 Å². The van der Waals surface area contributed by atoms with Gasteiger partial charge in [0.15, 0.2) is 6.61 Å². The van der Waals surface area contributed by atoms with E-state index in [0.717, 1.165) is 11.1 Å². The van der Waals surface area contributed by atoms with Crippen LogP contribution in [-0.4, -0.2) is 21.3 Å². The molecule has 0 radical (unpaired) electrons. The van der Waals surface area contributed by atoms with Crippen LogP contribution in [0, 0.1) is 6.92 Å². The molecule has 116 valence electrons. The first kappa shape index (κ1) is 14.8. The van der Waals surface area contributed by atoms with Crippen LogP contribution in [0.3, 0.4) is 0 Å². The number of esters is 1. The minimum Gasteiger partial charge on any atom is -0.507 e. The van der Waals surface area contributed by atoms with Crippen LogP contribution in [0.15, 0.2) is 52.9 Å². The van der Waals surface area contributed by atoms with Gasteiger partial charge in [0, 0.05) is 5.56 Å². The quantitative estimate of drug-likeness (QED) is 0.745. The zero-order valence-corrected chi connectivity index (χ0v) is 12.4. The largest absolute Gasteiger partial charge is 0.507 e. The molecule has 0 aliphatic rings. The van der Waals surface area contributed by atoms with Gasteiger partial charge in [0.05, 0.1) is 0 Å². The summed E-state index contributed by atoms with van der Waals surface area (Å²) in [5.41, 5.74) is 1.74. The molecular formula is C17H14N2O4. The van der Waals surface area contributed by atoms with Crippen molar-refractivity contribution in [2.75, 3.05) is 0 Å². The SMILES string of the molecule is Cc1ccc(O)c(C(=O)OCc2nnc(-c3ccccc3)o2)c1. The number of nitrogens with zero attached hydrogens (tertiary/aromatic N) is 2. The van der Waals surface area contributed by atoms with Crippen molar-refractivity contribution in [1.82, 2.24) is 10.2 Å². The number of rotatable bonds is 4. The summed E-state index contributed by atoms with van der Waals surface area (Å²) in [5.74, 6) is -0.235. The Labute approximate surface area is 132 Å². The van der Waals surface area contributed by atoms with E-state index in [4.69, 9.17) is 9.15 Å². The average molecular weight is 310 g/mol. The fourth-order valence-electron chi connectivity index (χ4n) is 2.03. The highest BCUT2D eigenvalue weighted by Crippen LogP contribution is 2.20. The summed E-state index contributed by atoms with van der Waals surface area (Å²) in [7, 11) is 0. The lowest BCUT2D eigenvalue weighted by Gasteiger charge is -2.05. The van der Waals surface area contributed by atoms with E-state index in [9.17, 15) is 9.90 Å². The first-order valence-corrected chi connectivity index (χ1v) is 6.98. The Bertz CT molecular complexity index is 828. The van der Waals surface area contributed by atoms with Crippen molar-refractivity contribution in [2.45, 2.75) is 13.5 Å². The first-order valence-electron chi connectivity index (χ1n) is 6.98. The van der Waals surface area contributed by atoms with Gasteiger partial charge >= 0.3 is 5.97 Å². The molecule has 0 unspecified atom stereocenters. The van der Waals surface area contributed by atoms with Crippen molar-refractivity contribution >= 4 is 5.97 Å². The van der Waals surface area contributed by atoms with Gasteiger partial charge < -0.3 is 14.3 Å². The fraction of sp³-hybridized carbons (Fsp3) is 0.118. The Morgan fingerprint density at radius 1 is 1.17 bits per heavy atom. The summed E-state index contributed by atoms with van der Waals surface area (Å²) in [4.78, 5) is 12.0. The predicted octanol–water partition coefficient (Wildman–Crippen LogP) is 3.11. The molecule has 0 fully saturated rings. The van der Waals surface area contributed by atoms with Crippen molar-refractivity contribution < 1.29 is 19.1 Å². The molecule has 0 amide bonds. The number of hydrogen-bond acceptors (Lipinski definition) is 6. The minimum absolute atomic E-state index is 0.104. The Hall–Kier alpha value is -3.15. The molecule has 0 saturated carbocycles. The van der Waals surface area contributed by atoms with E-state index in [1.165, 1.54) is 6.07 Å². The first-order chi connectivity index (χ1) is 11.1. The summed E-state index contributed by atoms with van der Waals surface area (Å²) >= 11 is 0. The Morgan fingerprint density at radius 3 is 2.74 bits per heavy atom. The van der Waals surface area contributed by atoms with Gasteiger partial charge in [-0.05, 0) is 31.2 Å². The molecular weight excluding hydrogens is 296 g/mol. The van der Waals surface area contributed by atoms with Crippen molar-refractivity contribution in [3.8, 4) is 17.2 Å². The maximum Gasteiger partial charge on any atom is 0.342 e. The third-order valence-electron chi connectivity index (χ3n) is 3.19. The Kier molecular flexibility index (Phi) is 4.05. The topological polar surface area (TPSA) is 85.5 Å². The molecule has 3 rings (SSSR count). The molecule has 0 atom stereocenters. The standard InChI is InChI=1S/C17H14N2O4/c1-11-7-8-14(20)13(9-11)17(21)22-10-15-18-19-16(23-15)12-5-3-2-4-6-12/h2-9,20H,10H2,1H3. The summed E-state index contributed by atoms with van der Waals surface area (Å²) in [5, 5.41) is 17.5. The normalized spacial score (nSPS) is 10.5. The number of aromatic nitrogens is 2. The van der Waals surface area contributed by atoms with Gasteiger partial charge in [0.25, 0.3) is 5.89 Å². The van der Waals surface area contributed by atoms with Gasteiger partial charge in [-0.1, -0.05) is 29.8 Å². The van der Waals surface area contributed by atoms with Crippen molar-refractivity contribution in [3.63, 3.8) is 0 Å². The maximum absolute atomic E-state index is 12.0. The van der Waals surface area contributed by atoms with Crippen LogP contribution in [-0.2, 0) is 11.3 Å². The molecule has 1 heterocycles. The van der Waals surface area contributed by atoms with Crippen LogP contribution in [0.1, 0.15) is 21.8 Å². The Morgan fingerprint density at radius 2 is 1.96 bits per heavy atom. The molecule has 0 spiro atoms. The highest BCUT2D eigenvalue weighted by molar-refractivity contribution is 5.92. The molecule has 23 heavy (non-hydrogen) atoms. The molecule has 1 N–H and O–H groups in total. The van der Waals surface area contributed by atoms with Crippen LogP contribution in [0.2, 0.25) is 0 Å². The van der Waals surface area contributed by atoms with Crippen molar-refractivity contribution in [3.05, 3.63) is 65.5 Å². The van der Waals surface area contributed by atoms with Gasteiger partial charge in [-0.15, -0.1) is 10.2 Å². The van der Waals surface area contributed by atoms with Crippen molar-refractivity contribution in [2.24, 2.45) is 0 Å². The smallest absolute Gasteiger partial charge is 0.342 e. The minimum atomic E-state index is -0.648. The van der Waals surface area contributed by atoms with E-state index in [1.54, 1.807) is 12.1 Å². The number of aromatic hydroxyl groups is 1. The lowest BCUT2D eigenvalue weighted by atomic mass is 10.1. The average Bonchev–Trinajstić information content (AvgIpc) is 3.05. The molecule has 6 nitrogen and oxygen atoms in total. The zero-order valence-electron chi connectivity index (χ0n) is 12.4. The van der Waals surface area contributed by atoms with Crippen molar-refractivity contribution in [1.29, 1.82) is 0 Å². The van der Waals surface area contributed by atoms with Crippen LogP contribution in [0.4, 0.5) is 0 Å².